The lowest BCUT2D eigenvalue weighted by Gasteiger charge is -2.16. The van der Waals surface area contributed by atoms with E-state index in [1.54, 1.807) is 25.1 Å². The lowest BCUT2D eigenvalue weighted by atomic mass is 10.0. The van der Waals surface area contributed by atoms with Crippen LogP contribution < -0.4 is 15.6 Å². The number of hydrogen-bond acceptors (Lipinski definition) is 5. The normalized spacial score (nSPS) is 12.0. The summed E-state index contributed by atoms with van der Waals surface area (Å²) in [6, 6.07) is 11.9. The van der Waals surface area contributed by atoms with Gasteiger partial charge in [-0.05, 0) is 49.7 Å². The second kappa shape index (κ2) is 9.05. The van der Waals surface area contributed by atoms with Gasteiger partial charge in [-0.2, -0.15) is 0 Å². The van der Waals surface area contributed by atoms with Gasteiger partial charge in [0.2, 0.25) is 5.91 Å². The molecule has 0 radical (unpaired) electrons. The number of aryl methyl sites for hydroxylation is 1. The summed E-state index contributed by atoms with van der Waals surface area (Å²) in [4.78, 5) is 32.6. The van der Waals surface area contributed by atoms with Crippen molar-refractivity contribution >= 4 is 60.7 Å². The number of halogens is 2. The predicted octanol–water partition coefficient (Wildman–Crippen LogP) is 6.06. The summed E-state index contributed by atoms with van der Waals surface area (Å²) in [7, 11) is 1.51. The quantitative estimate of drug-likeness (QED) is 0.339. The first-order valence-electron chi connectivity index (χ1n) is 9.70. The molecular formula is C23H19BrClN3O3S. The van der Waals surface area contributed by atoms with Crippen LogP contribution in [0.25, 0.3) is 21.3 Å². The number of thiophene rings is 1. The van der Waals surface area contributed by atoms with Gasteiger partial charge in [0.1, 0.15) is 16.6 Å². The van der Waals surface area contributed by atoms with Crippen LogP contribution in [0.1, 0.15) is 17.8 Å². The Hall–Kier alpha value is -2.68. The van der Waals surface area contributed by atoms with Crippen LogP contribution in [-0.2, 0) is 4.79 Å². The number of nitrogens with one attached hydrogen (secondary N) is 1. The Morgan fingerprint density at radius 1 is 1.25 bits per heavy atom. The number of carbonyl (C=O) groups is 1. The molecule has 0 fully saturated rings. The highest BCUT2D eigenvalue weighted by Crippen LogP contribution is 2.36. The maximum Gasteiger partial charge on any atom is 0.263 e. The molecule has 4 aromatic rings. The van der Waals surface area contributed by atoms with Gasteiger partial charge in [-0.25, -0.2) is 4.98 Å². The summed E-state index contributed by atoms with van der Waals surface area (Å²) in [5.41, 5.74) is 1.93. The molecular weight excluding hydrogens is 514 g/mol. The van der Waals surface area contributed by atoms with Crippen LogP contribution in [0.3, 0.4) is 0 Å². The van der Waals surface area contributed by atoms with Gasteiger partial charge in [0.05, 0.1) is 24.5 Å². The highest BCUT2D eigenvalue weighted by molar-refractivity contribution is 9.10. The zero-order valence-corrected chi connectivity index (χ0v) is 20.6. The predicted molar refractivity (Wildman–Crippen MR) is 133 cm³/mol. The molecule has 32 heavy (non-hydrogen) atoms. The van der Waals surface area contributed by atoms with E-state index >= 15 is 0 Å². The van der Waals surface area contributed by atoms with E-state index in [-0.39, 0.29) is 11.5 Å². The first-order valence-corrected chi connectivity index (χ1v) is 11.7. The highest BCUT2D eigenvalue weighted by atomic mass is 79.9. The molecule has 0 aliphatic rings. The number of rotatable bonds is 5. The Morgan fingerprint density at radius 3 is 2.66 bits per heavy atom. The van der Waals surface area contributed by atoms with Gasteiger partial charge in [0.25, 0.3) is 5.56 Å². The Morgan fingerprint density at radius 2 is 1.97 bits per heavy atom. The molecule has 1 amide bonds. The topological polar surface area (TPSA) is 73.2 Å². The Balaban J connectivity index is 1.75. The standard InChI is InChI=1S/C23H19BrClN3O3S/c1-12(21(29)27-17-10-16(25)8-9-18(17)31-3)28-11-26-22-20(23(28)30)19(13(2)32-22)14-4-6-15(24)7-5-14/h4-12H,1-3H3,(H,27,29). The fourth-order valence-electron chi connectivity index (χ4n) is 3.50. The maximum atomic E-state index is 13.5. The number of anilines is 1. The van der Waals surface area contributed by atoms with E-state index in [1.807, 2.05) is 31.2 Å². The minimum Gasteiger partial charge on any atom is -0.495 e. The van der Waals surface area contributed by atoms with Crippen molar-refractivity contribution in [2.24, 2.45) is 0 Å². The van der Waals surface area contributed by atoms with Crippen LogP contribution in [0.15, 0.2) is 58.1 Å². The van der Waals surface area contributed by atoms with Crippen molar-refractivity contribution in [1.29, 1.82) is 0 Å². The molecule has 0 aliphatic heterocycles. The summed E-state index contributed by atoms with van der Waals surface area (Å²) in [6.45, 7) is 3.62. The lowest BCUT2D eigenvalue weighted by Crippen LogP contribution is -2.31. The van der Waals surface area contributed by atoms with Gasteiger partial charge in [-0.1, -0.05) is 39.7 Å². The number of hydrogen-bond donors (Lipinski definition) is 1. The Labute approximate surface area is 201 Å². The maximum absolute atomic E-state index is 13.5. The molecule has 9 heteroatoms. The smallest absolute Gasteiger partial charge is 0.263 e. The van der Waals surface area contributed by atoms with E-state index in [0.29, 0.717) is 26.7 Å². The SMILES string of the molecule is COc1ccc(Cl)cc1NC(=O)C(C)n1cnc2sc(C)c(-c3ccc(Br)cc3)c2c1=O. The summed E-state index contributed by atoms with van der Waals surface area (Å²) >= 11 is 11.0. The van der Waals surface area contributed by atoms with Gasteiger partial charge < -0.3 is 10.1 Å². The molecule has 164 valence electrons. The van der Waals surface area contributed by atoms with Gasteiger partial charge in [0, 0.05) is 19.9 Å². The summed E-state index contributed by atoms with van der Waals surface area (Å²) < 4.78 is 7.59. The van der Waals surface area contributed by atoms with Crippen molar-refractivity contribution in [2.75, 3.05) is 12.4 Å². The molecule has 2 aromatic heterocycles. The number of ether oxygens (including phenoxy) is 1. The molecule has 1 N–H and O–H groups in total. The molecule has 2 aromatic carbocycles. The second-order valence-electron chi connectivity index (χ2n) is 7.19. The van der Waals surface area contributed by atoms with E-state index in [2.05, 4.69) is 26.2 Å². The number of amides is 1. The van der Waals surface area contributed by atoms with Crippen LogP contribution in [0.5, 0.6) is 5.75 Å². The average Bonchev–Trinajstić information content (AvgIpc) is 3.11. The molecule has 6 nitrogen and oxygen atoms in total. The highest BCUT2D eigenvalue weighted by Gasteiger charge is 2.22. The molecule has 0 saturated heterocycles. The van der Waals surface area contributed by atoms with Gasteiger partial charge in [-0.15, -0.1) is 11.3 Å². The van der Waals surface area contributed by atoms with Crippen molar-refractivity contribution in [3.05, 3.63) is 73.5 Å². The number of benzene rings is 2. The number of nitrogens with zero attached hydrogens (tertiary/aromatic N) is 2. The van der Waals surface area contributed by atoms with Gasteiger partial charge in [-0.3, -0.25) is 14.2 Å². The summed E-state index contributed by atoms with van der Waals surface area (Å²) in [5, 5.41) is 3.77. The molecule has 1 atom stereocenters. The van der Waals surface area contributed by atoms with Crippen LogP contribution in [-0.4, -0.2) is 22.6 Å². The minimum absolute atomic E-state index is 0.266. The molecule has 4 rings (SSSR count). The molecule has 0 spiro atoms. The molecule has 0 saturated carbocycles. The van der Waals surface area contributed by atoms with Crippen molar-refractivity contribution in [3.63, 3.8) is 0 Å². The molecule has 0 bridgehead atoms. The summed E-state index contributed by atoms with van der Waals surface area (Å²) in [5.74, 6) is 0.0906. The lowest BCUT2D eigenvalue weighted by molar-refractivity contribution is -0.118. The third-order valence-electron chi connectivity index (χ3n) is 5.16. The van der Waals surface area contributed by atoms with Crippen molar-refractivity contribution in [3.8, 4) is 16.9 Å². The second-order valence-corrected chi connectivity index (χ2v) is 9.74. The first kappa shape index (κ1) is 22.5. The van der Waals surface area contributed by atoms with Crippen LogP contribution in [0.2, 0.25) is 5.02 Å². The fourth-order valence-corrected chi connectivity index (χ4v) is 4.94. The third kappa shape index (κ3) is 4.18. The molecule has 1 unspecified atom stereocenters. The van der Waals surface area contributed by atoms with Crippen molar-refractivity contribution in [2.45, 2.75) is 19.9 Å². The van der Waals surface area contributed by atoms with Crippen LogP contribution in [0, 0.1) is 6.92 Å². The number of methoxy groups -OCH3 is 1. The van der Waals surface area contributed by atoms with E-state index in [0.717, 1.165) is 20.5 Å². The van der Waals surface area contributed by atoms with Gasteiger partial charge >= 0.3 is 0 Å². The average molecular weight is 533 g/mol. The number of fused-ring (bicyclic) bond motifs is 1. The molecule has 2 heterocycles. The third-order valence-corrected chi connectivity index (χ3v) is 6.94. The number of aromatic nitrogens is 2. The van der Waals surface area contributed by atoms with Crippen molar-refractivity contribution < 1.29 is 9.53 Å². The Bertz CT molecular complexity index is 1380. The first-order chi connectivity index (χ1) is 15.3. The minimum atomic E-state index is -0.805. The van der Waals surface area contributed by atoms with Crippen LogP contribution >= 0.6 is 38.9 Å². The number of carbonyl (C=O) groups excluding carboxylic acids is 1. The van der Waals surface area contributed by atoms with E-state index in [4.69, 9.17) is 16.3 Å². The van der Waals surface area contributed by atoms with E-state index in [1.165, 1.54) is 29.3 Å². The van der Waals surface area contributed by atoms with Gasteiger partial charge in [0.15, 0.2) is 0 Å². The zero-order chi connectivity index (χ0) is 23.0. The molecule has 0 aliphatic carbocycles. The fraction of sp³-hybridized carbons (Fsp3) is 0.174. The van der Waals surface area contributed by atoms with E-state index in [9.17, 15) is 9.59 Å². The summed E-state index contributed by atoms with van der Waals surface area (Å²) in [6.07, 6.45) is 1.42. The van der Waals surface area contributed by atoms with E-state index < -0.39 is 6.04 Å². The monoisotopic (exact) mass is 531 g/mol. The van der Waals surface area contributed by atoms with Crippen molar-refractivity contribution in [1.82, 2.24) is 9.55 Å². The largest absolute Gasteiger partial charge is 0.495 e. The Kier molecular flexibility index (Phi) is 6.37. The zero-order valence-electron chi connectivity index (χ0n) is 17.5. The van der Waals surface area contributed by atoms with Crippen LogP contribution in [0.4, 0.5) is 5.69 Å².